The molecule has 1 unspecified atom stereocenters. The highest BCUT2D eigenvalue weighted by molar-refractivity contribution is 7.89. The molecule has 1 aliphatic rings. The van der Waals surface area contributed by atoms with Crippen molar-refractivity contribution in [2.45, 2.75) is 17.7 Å². The van der Waals surface area contributed by atoms with E-state index in [9.17, 15) is 13.2 Å². The Kier molecular flexibility index (Phi) is 4.59. The lowest BCUT2D eigenvalue weighted by Crippen LogP contribution is -2.42. The van der Waals surface area contributed by atoms with Crippen LogP contribution in [-0.4, -0.2) is 36.9 Å². The number of hydrogen-bond donors (Lipinski definition) is 1. The summed E-state index contributed by atoms with van der Waals surface area (Å²) in [5.41, 5.74) is 0. The summed E-state index contributed by atoms with van der Waals surface area (Å²) in [4.78, 5) is 11.0. The molecule has 1 aliphatic heterocycles. The summed E-state index contributed by atoms with van der Waals surface area (Å²) >= 11 is 11.6. The Hall–Kier alpha value is -0.820. The van der Waals surface area contributed by atoms with Crippen LogP contribution in [0, 0.1) is 5.92 Å². The summed E-state index contributed by atoms with van der Waals surface area (Å²) in [6, 6.07) is 4.07. The zero-order chi connectivity index (χ0) is 14.9. The Labute approximate surface area is 127 Å². The van der Waals surface area contributed by atoms with Crippen LogP contribution in [0.3, 0.4) is 0 Å². The van der Waals surface area contributed by atoms with Crippen LogP contribution in [0.25, 0.3) is 0 Å². The largest absolute Gasteiger partial charge is 0.481 e. The quantitative estimate of drug-likeness (QED) is 0.919. The van der Waals surface area contributed by atoms with Crippen LogP contribution >= 0.6 is 23.2 Å². The molecule has 8 heteroatoms. The van der Waals surface area contributed by atoms with Crippen molar-refractivity contribution < 1.29 is 18.3 Å². The van der Waals surface area contributed by atoms with Crippen molar-refractivity contribution in [1.82, 2.24) is 4.31 Å². The molecule has 20 heavy (non-hydrogen) atoms. The van der Waals surface area contributed by atoms with E-state index in [0.29, 0.717) is 19.4 Å². The van der Waals surface area contributed by atoms with Crippen LogP contribution < -0.4 is 0 Å². The van der Waals surface area contributed by atoms with Gasteiger partial charge in [0, 0.05) is 23.1 Å². The predicted molar refractivity (Wildman–Crippen MR) is 75.6 cm³/mol. The van der Waals surface area contributed by atoms with Gasteiger partial charge in [0.05, 0.1) is 10.8 Å². The van der Waals surface area contributed by atoms with Gasteiger partial charge in [0.15, 0.2) is 0 Å². The molecule has 1 saturated heterocycles. The lowest BCUT2D eigenvalue weighted by Gasteiger charge is -2.29. The summed E-state index contributed by atoms with van der Waals surface area (Å²) in [7, 11) is -3.77. The highest BCUT2D eigenvalue weighted by Crippen LogP contribution is 2.27. The van der Waals surface area contributed by atoms with Crippen molar-refractivity contribution in [3.05, 3.63) is 28.2 Å². The van der Waals surface area contributed by atoms with E-state index in [1.807, 2.05) is 0 Å². The molecule has 1 heterocycles. The second-order valence-electron chi connectivity index (χ2n) is 4.65. The minimum Gasteiger partial charge on any atom is -0.481 e. The molecule has 1 aromatic rings. The van der Waals surface area contributed by atoms with Crippen molar-refractivity contribution in [2.24, 2.45) is 5.92 Å². The first kappa shape index (κ1) is 15.6. The van der Waals surface area contributed by atoms with E-state index in [0.717, 1.165) is 0 Å². The Bertz CT molecular complexity index is 612. The average Bonchev–Trinajstić information content (AvgIpc) is 2.37. The summed E-state index contributed by atoms with van der Waals surface area (Å²) in [5.74, 6) is -1.65. The molecule has 2 rings (SSSR count). The van der Waals surface area contributed by atoms with Gasteiger partial charge >= 0.3 is 5.97 Å². The van der Waals surface area contributed by atoms with Crippen LogP contribution in [0.15, 0.2) is 23.1 Å². The number of benzene rings is 1. The molecule has 1 atom stereocenters. The number of aliphatic carboxylic acids is 1. The maximum absolute atomic E-state index is 12.5. The molecule has 5 nitrogen and oxygen atoms in total. The van der Waals surface area contributed by atoms with Gasteiger partial charge in [-0.2, -0.15) is 4.31 Å². The van der Waals surface area contributed by atoms with Crippen LogP contribution in [0.1, 0.15) is 12.8 Å². The number of carbonyl (C=O) groups is 1. The summed E-state index contributed by atoms with van der Waals surface area (Å²) in [5, 5.41) is 9.47. The average molecular weight is 338 g/mol. The number of nitrogens with zero attached hydrogens (tertiary/aromatic N) is 1. The Morgan fingerprint density at radius 2 is 1.85 bits per heavy atom. The number of halogens is 2. The molecule has 0 spiro atoms. The second kappa shape index (κ2) is 5.89. The summed E-state index contributed by atoms with van der Waals surface area (Å²) < 4.78 is 26.1. The molecule has 0 aromatic heterocycles. The fraction of sp³-hybridized carbons (Fsp3) is 0.417. The molecule has 1 fully saturated rings. The van der Waals surface area contributed by atoms with E-state index in [4.69, 9.17) is 28.3 Å². The monoisotopic (exact) mass is 337 g/mol. The third-order valence-electron chi connectivity index (χ3n) is 3.21. The van der Waals surface area contributed by atoms with E-state index in [1.54, 1.807) is 0 Å². The van der Waals surface area contributed by atoms with E-state index >= 15 is 0 Å². The summed E-state index contributed by atoms with van der Waals surface area (Å²) in [6.07, 6.45) is 1.00. The first-order chi connectivity index (χ1) is 9.30. The maximum atomic E-state index is 12.5. The molecular formula is C12H13Cl2NO4S. The number of hydrogen-bond acceptors (Lipinski definition) is 3. The lowest BCUT2D eigenvalue weighted by molar-refractivity contribution is -0.142. The van der Waals surface area contributed by atoms with Gasteiger partial charge < -0.3 is 5.11 Å². The molecule has 1 aromatic carbocycles. The van der Waals surface area contributed by atoms with Crippen molar-refractivity contribution in [3.63, 3.8) is 0 Å². The standard InChI is InChI=1S/C12H13Cl2NO4S/c13-9-4-10(14)6-11(5-9)20(18,19)15-3-1-2-8(7-15)12(16)17/h4-6,8H,1-3,7H2,(H,16,17). The zero-order valence-electron chi connectivity index (χ0n) is 10.4. The zero-order valence-corrected chi connectivity index (χ0v) is 12.7. The minimum atomic E-state index is -3.77. The number of carboxylic acid groups (broad SMARTS) is 1. The third-order valence-corrected chi connectivity index (χ3v) is 5.49. The van der Waals surface area contributed by atoms with Gasteiger partial charge in [-0.15, -0.1) is 0 Å². The first-order valence-corrected chi connectivity index (χ1v) is 8.19. The molecule has 0 amide bonds. The van der Waals surface area contributed by atoms with Gasteiger partial charge in [-0.3, -0.25) is 4.79 Å². The fourth-order valence-corrected chi connectivity index (χ4v) is 4.44. The van der Waals surface area contributed by atoms with Crippen molar-refractivity contribution in [3.8, 4) is 0 Å². The third kappa shape index (κ3) is 3.25. The van der Waals surface area contributed by atoms with E-state index < -0.39 is 21.9 Å². The number of piperidine rings is 1. The van der Waals surface area contributed by atoms with Crippen LogP contribution in [0.4, 0.5) is 0 Å². The van der Waals surface area contributed by atoms with Crippen LogP contribution in [-0.2, 0) is 14.8 Å². The number of sulfonamides is 1. The van der Waals surface area contributed by atoms with E-state index in [-0.39, 0.29) is 21.5 Å². The number of rotatable bonds is 3. The highest BCUT2D eigenvalue weighted by atomic mass is 35.5. The minimum absolute atomic E-state index is 0.0129. The molecule has 110 valence electrons. The van der Waals surface area contributed by atoms with Gasteiger partial charge in [-0.05, 0) is 31.0 Å². The maximum Gasteiger partial charge on any atom is 0.307 e. The van der Waals surface area contributed by atoms with Crippen molar-refractivity contribution in [2.75, 3.05) is 13.1 Å². The predicted octanol–water partition coefficient (Wildman–Crippen LogP) is 2.48. The molecule has 1 N–H and O–H groups in total. The normalized spacial score (nSPS) is 20.8. The molecular weight excluding hydrogens is 325 g/mol. The van der Waals surface area contributed by atoms with Gasteiger partial charge in [0.1, 0.15) is 0 Å². The molecule has 0 aliphatic carbocycles. The van der Waals surface area contributed by atoms with E-state index in [2.05, 4.69) is 0 Å². The highest BCUT2D eigenvalue weighted by Gasteiger charge is 2.33. The van der Waals surface area contributed by atoms with Crippen molar-refractivity contribution >= 4 is 39.2 Å². The Morgan fingerprint density at radius 3 is 2.40 bits per heavy atom. The fourth-order valence-electron chi connectivity index (χ4n) is 2.19. The molecule has 0 saturated carbocycles. The lowest BCUT2D eigenvalue weighted by atomic mass is 10.0. The van der Waals surface area contributed by atoms with Gasteiger partial charge in [-0.1, -0.05) is 23.2 Å². The first-order valence-electron chi connectivity index (χ1n) is 6.00. The molecule has 0 radical (unpaired) electrons. The van der Waals surface area contributed by atoms with E-state index in [1.165, 1.54) is 22.5 Å². The summed E-state index contributed by atoms with van der Waals surface area (Å²) in [6.45, 7) is 0.276. The van der Waals surface area contributed by atoms with Gasteiger partial charge in [0.2, 0.25) is 10.0 Å². The number of carboxylic acids is 1. The topological polar surface area (TPSA) is 74.7 Å². The Balaban J connectivity index is 2.32. The SMILES string of the molecule is O=C(O)C1CCCN(S(=O)(=O)c2cc(Cl)cc(Cl)c2)C1. The van der Waals surface area contributed by atoms with Crippen LogP contribution in [0.2, 0.25) is 10.0 Å². The van der Waals surface area contributed by atoms with Gasteiger partial charge in [0.25, 0.3) is 0 Å². The van der Waals surface area contributed by atoms with Crippen molar-refractivity contribution in [1.29, 1.82) is 0 Å². The van der Waals surface area contributed by atoms with Crippen LogP contribution in [0.5, 0.6) is 0 Å². The molecule has 0 bridgehead atoms. The second-order valence-corrected chi connectivity index (χ2v) is 7.46. The van der Waals surface area contributed by atoms with Gasteiger partial charge in [-0.25, -0.2) is 8.42 Å². The Morgan fingerprint density at radius 1 is 1.25 bits per heavy atom. The smallest absolute Gasteiger partial charge is 0.307 e.